The van der Waals surface area contributed by atoms with Crippen LogP contribution in [-0.2, 0) is 4.79 Å². The van der Waals surface area contributed by atoms with E-state index in [0.717, 1.165) is 6.07 Å². The van der Waals surface area contributed by atoms with E-state index in [9.17, 15) is 13.6 Å². The van der Waals surface area contributed by atoms with Gasteiger partial charge in [-0.15, -0.1) is 0 Å². The van der Waals surface area contributed by atoms with Crippen molar-refractivity contribution in [1.29, 1.82) is 10.5 Å². The molecule has 1 aliphatic heterocycles. The molecule has 0 atom stereocenters. The van der Waals surface area contributed by atoms with Crippen molar-refractivity contribution in [1.82, 2.24) is 4.90 Å². The van der Waals surface area contributed by atoms with Gasteiger partial charge in [-0.2, -0.15) is 14.9 Å². The van der Waals surface area contributed by atoms with Crippen LogP contribution in [0.2, 0.25) is 0 Å². The maximum absolute atomic E-state index is 13.8. The summed E-state index contributed by atoms with van der Waals surface area (Å²) in [7, 11) is 0. The standard InChI is InChI=1S/C16H16F2N4O2/c17-12-3-4-13-16(15(12)18)24-10-9-22(13)11-14(23)21(7-1-5-19)8-2-6-20/h3-4H,1-2,7-11H2. The highest BCUT2D eigenvalue weighted by Crippen LogP contribution is 2.35. The molecule has 0 spiro atoms. The largest absolute Gasteiger partial charge is 0.486 e. The Labute approximate surface area is 138 Å². The number of hydrogen-bond donors (Lipinski definition) is 0. The third kappa shape index (κ3) is 3.90. The normalized spacial score (nSPS) is 12.6. The van der Waals surface area contributed by atoms with Crippen LogP contribution in [0.4, 0.5) is 14.5 Å². The van der Waals surface area contributed by atoms with Gasteiger partial charge < -0.3 is 14.5 Å². The molecule has 1 aliphatic rings. The summed E-state index contributed by atoms with van der Waals surface area (Å²) in [4.78, 5) is 15.5. The molecule has 126 valence electrons. The van der Waals surface area contributed by atoms with Crippen LogP contribution < -0.4 is 9.64 Å². The van der Waals surface area contributed by atoms with Crippen molar-refractivity contribution >= 4 is 11.6 Å². The number of halogens is 2. The van der Waals surface area contributed by atoms with E-state index in [1.54, 1.807) is 4.90 Å². The average Bonchev–Trinajstić information content (AvgIpc) is 2.58. The first-order valence-corrected chi connectivity index (χ1v) is 7.46. The van der Waals surface area contributed by atoms with Crippen LogP contribution in [0.5, 0.6) is 5.75 Å². The smallest absolute Gasteiger partial charge is 0.242 e. The van der Waals surface area contributed by atoms with Crippen molar-refractivity contribution < 1.29 is 18.3 Å². The van der Waals surface area contributed by atoms with Crippen LogP contribution in [0.25, 0.3) is 0 Å². The van der Waals surface area contributed by atoms with Crippen LogP contribution in [0.3, 0.4) is 0 Å². The van der Waals surface area contributed by atoms with Crippen LogP contribution in [0.15, 0.2) is 12.1 Å². The Kier molecular flexibility index (Phi) is 5.91. The summed E-state index contributed by atoms with van der Waals surface area (Å²) < 4.78 is 32.3. The fourth-order valence-electron chi connectivity index (χ4n) is 2.45. The van der Waals surface area contributed by atoms with Crippen molar-refractivity contribution in [2.75, 3.05) is 37.7 Å². The van der Waals surface area contributed by atoms with Gasteiger partial charge in [0.15, 0.2) is 11.6 Å². The molecule has 1 aromatic carbocycles. The molecule has 6 nitrogen and oxygen atoms in total. The van der Waals surface area contributed by atoms with E-state index in [0.29, 0.717) is 12.2 Å². The molecular weight excluding hydrogens is 318 g/mol. The van der Waals surface area contributed by atoms with Gasteiger partial charge in [-0.05, 0) is 12.1 Å². The van der Waals surface area contributed by atoms with Gasteiger partial charge in [0, 0.05) is 13.1 Å². The van der Waals surface area contributed by atoms with Crippen molar-refractivity contribution in [3.05, 3.63) is 23.8 Å². The zero-order chi connectivity index (χ0) is 17.5. The predicted octanol–water partition coefficient (Wildman–Crippen LogP) is 1.82. The number of anilines is 1. The Morgan fingerprint density at radius 1 is 1.25 bits per heavy atom. The highest BCUT2D eigenvalue weighted by molar-refractivity contribution is 5.82. The zero-order valence-corrected chi connectivity index (χ0v) is 13.0. The third-order valence-electron chi connectivity index (χ3n) is 3.64. The molecule has 0 saturated heterocycles. The third-order valence-corrected chi connectivity index (χ3v) is 3.64. The monoisotopic (exact) mass is 334 g/mol. The second kappa shape index (κ2) is 8.11. The minimum atomic E-state index is -1.07. The van der Waals surface area contributed by atoms with Gasteiger partial charge in [0.05, 0.1) is 43.8 Å². The number of nitriles is 2. The number of rotatable bonds is 6. The van der Waals surface area contributed by atoms with E-state index < -0.39 is 11.6 Å². The van der Waals surface area contributed by atoms with E-state index in [-0.39, 0.29) is 50.7 Å². The number of carbonyl (C=O) groups excluding carboxylic acids is 1. The van der Waals surface area contributed by atoms with E-state index >= 15 is 0 Å². The highest BCUT2D eigenvalue weighted by atomic mass is 19.2. The summed E-state index contributed by atoms with van der Waals surface area (Å²) in [6.07, 6.45) is 0.327. The number of benzene rings is 1. The molecular formula is C16H16F2N4O2. The first-order valence-electron chi connectivity index (χ1n) is 7.46. The lowest BCUT2D eigenvalue weighted by Crippen LogP contribution is -2.44. The number of hydrogen-bond acceptors (Lipinski definition) is 5. The van der Waals surface area contributed by atoms with Gasteiger partial charge in [0.2, 0.25) is 11.7 Å². The van der Waals surface area contributed by atoms with Crippen LogP contribution in [-0.4, -0.2) is 43.6 Å². The molecule has 1 aromatic rings. The van der Waals surface area contributed by atoms with Crippen LogP contribution in [0.1, 0.15) is 12.8 Å². The number of amides is 1. The van der Waals surface area contributed by atoms with E-state index in [1.165, 1.54) is 11.0 Å². The Hall–Kier alpha value is -2.87. The molecule has 0 unspecified atom stereocenters. The summed E-state index contributed by atoms with van der Waals surface area (Å²) in [6.45, 7) is 0.890. The molecule has 0 aromatic heterocycles. The average molecular weight is 334 g/mol. The molecule has 0 radical (unpaired) electrons. The number of fused-ring (bicyclic) bond motifs is 1. The summed E-state index contributed by atoms with van der Waals surface area (Å²) in [5.74, 6) is -2.56. The first-order chi connectivity index (χ1) is 11.6. The van der Waals surface area contributed by atoms with Crippen molar-refractivity contribution in [2.45, 2.75) is 12.8 Å². The number of ether oxygens (including phenoxy) is 1. The molecule has 0 fully saturated rings. The maximum atomic E-state index is 13.8. The summed E-state index contributed by atoms with van der Waals surface area (Å²) in [5, 5.41) is 17.3. The summed E-state index contributed by atoms with van der Waals surface area (Å²) >= 11 is 0. The quantitative estimate of drug-likeness (QED) is 0.793. The minimum absolute atomic E-state index is 0.0573. The lowest BCUT2D eigenvalue weighted by Gasteiger charge is -2.32. The van der Waals surface area contributed by atoms with Gasteiger partial charge in [-0.3, -0.25) is 4.79 Å². The van der Waals surface area contributed by atoms with Crippen LogP contribution >= 0.6 is 0 Å². The first kappa shape index (κ1) is 17.5. The number of carbonyl (C=O) groups is 1. The van der Waals surface area contributed by atoms with Crippen molar-refractivity contribution in [2.24, 2.45) is 0 Å². The molecule has 24 heavy (non-hydrogen) atoms. The second-order valence-electron chi connectivity index (χ2n) is 5.18. The highest BCUT2D eigenvalue weighted by Gasteiger charge is 2.26. The molecule has 1 heterocycles. The van der Waals surface area contributed by atoms with Crippen LogP contribution in [0, 0.1) is 34.3 Å². The van der Waals surface area contributed by atoms with Gasteiger partial charge in [0.25, 0.3) is 0 Å². The lowest BCUT2D eigenvalue weighted by molar-refractivity contribution is -0.129. The molecule has 2 rings (SSSR count). The Bertz CT molecular complexity index is 679. The topological polar surface area (TPSA) is 80.4 Å². The van der Waals surface area contributed by atoms with Gasteiger partial charge >= 0.3 is 0 Å². The van der Waals surface area contributed by atoms with E-state index in [4.69, 9.17) is 15.3 Å². The van der Waals surface area contributed by atoms with Crippen molar-refractivity contribution in [3.8, 4) is 17.9 Å². The van der Waals surface area contributed by atoms with Gasteiger partial charge in [-0.1, -0.05) is 0 Å². The lowest BCUT2D eigenvalue weighted by atomic mass is 10.2. The summed E-state index contributed by atoms with van der Waals surface area (Å²) in [6, 6.07) is 6.28. The fourth-order valence-corrected chi connectivity index (χ4v) is 2.45. The minimum Gasteiger partial charge on any atom is -0.486 e. The molecule has 8 heteroatoms. The maximum Gasteiger partial charge on any atom is 0.242 e. The van der Waals surface area contributed by atoms with E-state index in [1.807, 2.05) is 12.1 Å². The SMILES string of the molecule is N#CCCN(CCC#N)C(=O)CN1CCOc2c1ccc(F)c2F. The van der Waals surface area contributed by atoms with Crippen molar-refractivity contribution in [3.63, 3.8) is 0 Å². The Morgan fingerprint density at radius 3 is 2.54 bits per heavy atom. The Morgan fingerprint density at radius 2 is 1.92 bits per heavy atom. The summed E-state index contributed by atoms with van der Waals surface area (Å²) in [5.41, 5.74) is 0.314. The molecule has 1 amide bonds. The Balaban J connectivity index is 2.13. The fraction of sp³-hybridized carbons (Fsp3) is 0.438. The second-order valence-corrected chi connectivity index (χ2v) is 5.18. The molecule has 0 saturated carbocycles. The zero-order valence-electron chi connectivity index (χ0n) is 13.0. The molecule has 0 N–H and O–H groups in total. The number of nitrogens with zero attached hydrogens (tertiary/aromatic N) is 4. The molecule has 0 bridgehead atoms. The van der Waals surface area contributed by atoms with Gasteiger partial charge in [0.1, 0.15) is 6.61 Å². The van der Waals surface area contributed by atoms with Gasteiger partial charge in [-0.25, -0.2) is 4.39 Å². The van der Waals surface area contributed by atoms with E-state index in [2.05, 4.69) is 0 Å². The molecule has 0 aliphatic carbocycles. The predicted molar refractivity (Wildman–Crippen MR) is 81.1 cm³/mol.